The topological polar surface area (TPSA) is 55.1 Å². The molecule has 2 aromatic carbocycles. The molecule has 2 aromatic rings. The Balaban J connectivity index is 1.98. The number of benzene rings is 2. The molecule has 21 heavy (non-hydrogen) atoms. The van der Waals surface area contributed by atoms with Crippen molar-refractivity contribution >= 4 is 27.5 Å². The fraction of sp³-hybridized carbons (Fsp3) is 0.188. The van der Waals surface area contributed by atoms with Gasteiger partial charge in [-0.15, -0.1) is 0 Å². The molecule has 0 saturated carbocycles. The second kappa shape index (κ2) is 6.72. The lowest BCUT2D eigenvalue weighted by Gasteiger charge is -2.14. The Hall–Kier alpha value is -1.88. The number of nitrogens with two attached hydrogens (primary N) is 1. The molecule has 0 heterocycles. The number of rotatable bonds is 4. The minimum absolute atomic E-state index is 0.0562. The molecule has 0 aromatic heterocycles. The first-order valence-corrected chi connectivity index (χ1v) is 7.35. The average Bonchev–Trinajstić information content (AvgIpc) is 2.44. The molecule has 5 heteroatoms. The van der Waals surface area contributed by atoms with Crippen molar-refractivity contribution in [2.75, 3.05) is 5.73 Å². The fourth-order valence-corrected chi connectivity index (χ4v) is 2.38. The molecule has 0 fully saturated rings. The third-order valence-electron chi connectivity index (χ3n) is 3.10. The molecule has 1 atom stereocenters. The predicted octanol–water partition coefficient (Wildman–Crippen LogP) is 3.53. The van der Waals surface area contributed by atoms with Crippen LogP contribution in [0.5, 0.6) is 0 Å². The maximum Gasteiger partial charge on any atom is 0.251 e. The molecule has 0 radical (unpaired) electrons. The summed E-state index contributed by atoms with van der Waals surface area (Å²) in [6.45, 7) is 1.91. The van der Waals surface area contributed by atoms with E-state index in [0.29, 0.717) is 22.1 Å². The van der Waals surface area contributed by atoms with Crippen LogP contribution in [-0.4, -0.2) is 11.9 Å². The molecule has 3 N–H and O–H groups in total. The van der Waals surface area contributed by atoms with Crippen LogP contribution in [0.15, 0.2) is 46.9 Å². The summed E-state index contributed by atoms with van der Waals surface area (Å²) in [6.07, 6.45) is 0.641. The molecule has 3 nitrogen and oxygen atoms in total. The van der Waals surface area contributed by atoms with E-state index in [2.05, 4.69) is 21.2 Å². The summed E-state index contributed by atoms with van der Waals surface area (Å²) in [7, 11) is 0. The average molecular weight is 351 g/mol. The highest BCUT2D eigenvalue weighted by Gasteiger charge is 2.11. The van der Waals surface area contributed by atoms with Gasteiger partial charge in [-0.3, -0.25) is 4.79 Å². The molecule has 0 bridgehead atoms. The fourth-order valence-electron chi connectivity index (χ4n) is 2.00. The number of anilines is 1. The van der Waals surface area contributed by atoms with Crippen LogP contribution in [0.1, 0.15) is 22.8 Å². The van der Waals surface area contributed by atoms with Crippen molar-refractivity contribution in [2.45, 2.75) is 19.4 Å². The number of hydrogen-bond acceptors (Lipinski definition) is 2. The van der Waals surface area contributed by atoms with Crippen LogP contribution >= 0.6 is 15.9 Å². The molecular formula is C16H16BrFN2O. The Kier molecular flexibility index (Phi) is 4.96. The Labute approximate surface area is 131 Å². The molecule has 0 aliphatic heterocycles. The van der Waals surface area contributed by atoms with E-state index >= 15 is 0 Å². The third kappa shape index (κ3) is 4.29. The number of carbonyl (C=O) groups excluding carboxylic acids is 1. The van der Waals surface area contributed by atoms with E-state index in [1.807, 2.05) is 6.92 Å². The van der Waals surface area contributed by atoms with Crippen LogP contribution in [-0.2, 0) is 6.42 Å². The highest BCUT2D eigenvalue weighted by Crippen LogP contribution is 2.20. The van der Waals surface area contributed by atoms with Crippen molar-refractivity contribution in [3.63, 3.8) is 0 Å². The van der Waals surface area contributed by atoms with Gasteiger partial charge in [0, 0.05) is 21.8 Å². The van der Waals surface area contributed by atoms with Gasteiger partial charge in [0.2, 0.25) is 0 Å². The Morgan fingerprint density at radius 3 is 2.57 bits per heavy atom. The zero-order valence-electron chi connectivity index (χ0n) is 11.6. The summed E-state index contributed by atoms with van der Waals surface area (Å²) in [4.78, 5) is 12.1. The van der Waals surface area contributed by atoms with Crippen molar-refractivity contribution in [3.05, 3.63) is 63.9 Å². The molecule has 110 valence electrons. The Bertz CT molecular complexity index is 643. The van der Waals surface area contributed by atoms with Gasteiger partial charge in [-0.1, -0.05) is 12.1 Å². The lowest BCUT2D eigenvalue weighted by molar-refractivity contribution is 0.0940. The standard InChI is InChI=1S/C16H16BrFN2O/c1-10(8-11-2-5-13(18)6-3-11)20-16(21)12-4-7-15(19)14(17)9-12/h2-7,9-10H,8,19H2,1H3,(H,20,21). The van der Waals surface area contributed by atoms with E-state index in [9.17, 15) is 9.18 Å². The van der Waals surface area contributed by atoms with Crippen molar-refractivity contribution in [2.24, 2.45) is 0 Å². The minimum Gasteiger partial charge on any atom is -0.398 e. The van der Waals surface area contributed by atoms with Crippen molar-refractivity contribution in [1.29, 1.82) is 0 Å². The molecule has 1 unspecified atom stereocenters. The maximum atomic E-state index is 12.8. The zero-order chi connectivity index (χ0) is 15.4. The molecule has 1 amide bonds. The Morgan fingerprint density at radius 2 is 1.95 bits per heavy atom. The Morgan fingerprint density at radius 1 is 1.29 bits per heavy atom. The zero-order valence-corrected chi connectivity index (χ0v) is 13.2. The van der Waals surface area contributed by atoms with Gasteiger partial charge in [0.05, 0.1) is 0 Å². The maximum absolute atomic E-state index is 12.8. The van der Waals surface area contributed by atoms with Crippen LogP contribution in [0.3, 0.4) is 0 Å². The number of amides is 1. The predicted molar refractivity (Wildman–Crippen MR) is 85.6 cm³/mol. The smallest absolute Gasteiger partial charge is 0.251 e. The second-order valence-corrected chi connectivity index (χ2v) is 5.80. The quantitative estimate of drug-likeness (QED) is 0.828. The van der Waals surface area contributed by atoms with E-state index in [0.717, 1.165) is 5.56 Å². The van der Waals surface area contributed by atoms with Crippen LogP contribution in [0.4, 0.5) is 10.1 Å². The van der Waals surface area contributed by atoms with Gasteiger partial charge < -0.3 is 11.1 Å². The summed E-state index contributed by atoms with van der Waals surface area (Å²) in [6, 6.07) is 11.3. The minimum atomic E-state index is -0.262. The van der Waals surface area contributed by atoms with Gasteiger partial charge in [-0.25, -0.2) is 4.39 Å². The summed E-state index contributed by atoms with van der Waals surface area (Å²) in [5.41, 5.74) is 7.80. The number of nitrogen functional groups attached to an aromatic ring is 1. The first kappa shape index (κ1) is 15.5. The highest BCUT2D eigenvalue weighted by atomic mass is 79.9. The van der Waals surface area contributed by atoms with E-state index in [1.165, 1.54) is 12.1 Å². The summed E-state index contributed by atoms with van der Waals surface area (Å²) < 4.78 is 13.5. The van der Waals surface area contributed by atoms with E-state index in [-0.39, 0.29) is 17.8 Å². The first-order chi connectivity index (χ1) is 9.95. The third-order valence-corrected chi connectivity index (χ3v) is 3.78. The molecule has 2 rings (SSSR count). The van der Waals surface area contributed by atoms with Crippen molar-refractivity contribution < 1.29 is 9.18 Å². The number of nitrogens with one attached hydrogen (secondary N) is 1. The van der Waals surface area contributed by atoms with Crippen LogP contribution in [0.25, 0.3) is 0 Å². The van der Waals surface area contributed by atoms with E-state index in [1.54, 1.807) is 30.3 Å². The van der Waals surface area contributed by atoms with Gasteiger partial charge in [0.1, 0.15) is 5.82 Å². The molecular weight excluding hydrogens is 335 g/mol. The van der Waals surface area contributed by atoms with Crippen molar-refractivity contribution in [1.82, 2.24) is 5.32 Å². The largest absolute Gasteiger partial charge is 0.398 e. The van der Waals surface area contributed by atoms with Crippen LogP contribution in [0.2, 0.25) is 0 Å². The van der Waals surface area contributed by atoms with Crippen LogP contribution < -0.4 is 11.1 Å². The summed E-state index contributed by atoms with van der Waals surface area (Å²) in [5, 5.41) is 2.91. The highest BCUT2D eigenvalue weighted by molar-refractivity contribution is 9.10. The van der Waals surface area contributed by atoms with Gasteiger partial charge >= 0.3 is 0 Å². The second-order valence-electron chi connectivity index (χ2n) is 4.94. The molecule has 0 saturated heterocycles. The SMILES string of the molecule is CC(Cc1ccc(F)cc1)NC(=O)c1ccc(N)c(Br)c1. The first-order valence-electron chi connectivity index (χ1n) is 6.56. The van der Waals surface area contributed by atoms with Crippen molar-refractivity contribution in [3.8, 4) is 0 Å². The summed E-state index contributed by atoms with van der Waals surface area (Å²) >= 11 is 3.30. The lowest BCUT2D eigenvalue weighted by atomic mass is 10.1. The van der Waals surface area contributed by atoms with E-state index in [4.69, 9.17) is 5.73 Å². The van der Waals surface area contributed by atoms with Crippen LogP contribution in [0, 0.1) is 5.82 Å². The van der Waals surface area contributed by atoms with Gasteiger partial charge in [0.25, 0.3) is 5.91 Å². The van der Waals surface area contributed by atoms with Gasteiger partial charge in [-0.05, 0) is 65.2 Å². The molecule has 0 aliphatic carbocycles. The number of carbonyl (C=O) groups is 1. The number of halogens is 2. The van der Waals surface area contributed by atoms with E-state index < -0.39 is 0 Å². The summed E-state index contributed by atoms with van der Waals surface area (Å²) in [5.74, 6) is -0.424. The normalized spacial score (nSPS) is 12.0. The van der Waals surface area contributed by atoms with Gasteiger partial charge in [-0.2, -0.15) is 0 Å². The number of hydrogen-bond donors (Lipinski definition) is 2. The monoisotopic (exact) mass is 350 g/mol. The molecule has 0 aliphatic rings. The van der Waals surface area contributed by atoms with Gasteiger partial charge in [0.15, 0.2) is 0 Å². The lowest BCUT2D eigenvalue weighted by Crippen LogP contribution is -2.34. The molecule has 0 spiro atoms.